The van der Waals surface area contributed by atoms with Gasteiger partial charge in [-0.3, -0.25) is 33.6 Å². The van der Waals surface area contributed by atoms with E-state index in [1.165, 1.54) is 30.3 Å². The van der Waals surface area contributed by atoms with Gasteiger partial charge in [0.05, 0.1) is 11.1 Å². The molecular formula is C30H35Cl2N5O11. The lowest BCUT2D eigenvalue weighted by atomic mass is 9.82. The molecule has 9 N–H and O–H groups in total. The number of carbonyl (C=O) groups excluding carboxylic acids is 7. The normalized spacial score (nSPS) is 12.7. The topological polar surface area (TPSA) is 273 Å². The van der Waals surface area contributed by atoms with Gasteiger partial charge in [0.15, 0.2) is 5.78 Å². The number of carbonyl (C=O) groups is 7. The number of alkyl halides is 1. The van der Waals surface area contributed by atoms with Crippen molar-refractivity contribution in [1.29, 1.82) is 0 Å². The molecule has 0 bridgehead atoms. The van der Waals surface area contributed by atoms with Crippen LogP contribution in [0.1, 0.15) is 57.5 Å². The Bertz CT molecular complexity index is 1570. The summed E-state index contributed by atoms with van der Waals surface area (Å²) in [5, 5.41) is 2.51. The van der Waals surface area contributed by atoms with E-state index in [-0.39, 0.29) is 110 Å². The fourth-order valence-corrected chi connectivity index (χ4v) is 4.45. The summed E-state index contributed by atoms with van der Waals surface area (Å²) in [6.45, 7) is -1.06. The van der Waals surface area contributed by atoms with Crippen LogP contribution in [0.5, 0.6) is 11.5 Å². The molecule has 1 aliphatic carbocycles. The molecule has 0 aliphatic heterocycles. The van der Waals surface area contributed by atoms with Crippen molar-refractivity contribution in [3.8, 4) is 11.5 Å². The van der Waals surface area contributed by atoms with Crippen molar-refractivity contribution < 1.29 is 52.5 Å². The zero-order chi connectivity index (χ0) is 34.7. The maximum absolute atomic E-state index is 13.9. The number of primary amides is 2. The van der Waals surface area contributed by atoms with Crippen molar-refractivity contribution in [1.82, 2.24) is 0 Å². The van der Waals surface area contributed by atoms with E-state index in [1.54, 1.807) is 0 Å². The van der Waals surface area contributed by atoms with E-state index in [2.05, 4.69) is 5.32 Å². The van der Waals surface area contributed by atoms with E-state index in [1.807, 2.05) is 0 Å². The number of hydrogen-bond donors (Lipinski definition) is 5. The lowest BCUT2D eigenvalue weighted by Gasteiger charge is -2.23. The molecule has 0 heterocycles. The molecule has 0 saturated heterocycles. The summed E-state index contributed by atoms with van der Waals surface area (Å²) in [6, 6.07) is 4.82. The van der Waals surface area contributed by atoms with E-state index in [0.717, 1.165) is 0 Å². The number of anilines is 1. The SMILES string of the molecule is Cl.NC(=O)CC[C@H](N)C(=O)OCCOc1cccc2c1C(=O)c1c(OCCOC(=O)[C@@H](N)CCC(N)=O)cc(NC(=O)CCl)cc1C2=O. The summed E-state index contributed by atoms with van der Waals surface area (Å²) in [5.74, 6) is -5.11. The standard InChI is InChI=1S/C30H34ClN5O11.ClH/c31-14-24(39)36-15-12-17-26(21(13-15)45-9-11-47-30(43)19(33)5-7-23(35)38)28(41)25-16(27(17)40)2-1-3-20(25)44-8-10-46-29(42)18(32)4-6-22(34)37;/h1-3,12-13,18-19H,4-11,14,32-33H2,(H2,34,37)(H2,35,38)(H,36,39);1H/t18-,19-;/m0./s1. The molecule has 16 nitrogen and oxygen atoms in total. The Morgan fingerprint density at radius 2 is 1.25 bits per heavy atom. The van der Waals surface area contributed by atoms with Crippen molar-refractivity contribution in [3.05, 3.63) is 52.6 Å². The number of nitrogens with one attached hydrogen (secondary N) is 1. The molecule has 2 atom stereocenters. The number of hydrogen-bond acceptors (Lipinski definition) is 13. The first-order chi connectivity index (χ1) is 22.3. The Hall–Kier alpha value is -4.77. The minimum Gasteiger partial charge on any atom is -0.489 e. The van der Waals surface area contributed by atoms with Gasteiger partial charge in [-0.05, 0) is 25.0 Å². The number of esters is 2. The first kappa shape index (κ1) is 39.4. The summed E-state index contributed by atoms with van der Waals surface area (Å²) in [5.41, 5.74) is 21.3. The Kier molecular flexibility index (Phi) is 15.2. The molecule has 0 saturated carbocycles. The molecule has 0 radical (unpaired) electrons. The van der Waals surface area contributed by atoms with Gasteiger partial charge in [-0.25, -0.2) is 0 Å². The predicted molar refractivity (Wildman–Crippen MR) is 172 cm³/mol. The van der Waals surface area contributed by atoms with Crippen LogP contribution in [-0.4, -0.2) is 85.6 Å². The Morgan fingerprint density at radius 1 is 0.729 bits per heavy atom. The van der Waals surface area contributed by atoms with Gasteiger partial charge in [0.25, 0.3) is 0 Å². The largest absolute Gasteiger partial charge is 0.489 e. The Balaban J connectivity index is 0.00000800. The fourth-order valence-electron chi connectivity index (χ4n) is 4.39. The maximum atomic E-state index is 13.9. The van der Waals surface area contributed by atoms with Crippen LogP contribution in [0.25, 0.3) is 0 Å². The van der Waals surface area contributed by atoms with E-state index in [9.17, 15) is 33.6 Å². The van der Waals surface area contributed by atoms with Crippen LogP contribution in [0.4, 0.5) is 5.69 Å². The monoisotopic (exact) mass is 711 g/mol. The second-order valence-electron chi connectivity index (χ2n) is 10.2. The molecular weight excluding hydrogens is 677 g/mol. The lowest BCUT2D eigenvalue weighted by Crippen LogP contribution is -2.34. The zero-order valence-electron chi connectivity index (χ0n) is 25.5. The van der Waals surface area contributed by atoms with E-state index >= 15 is 0 Å². The molecule has 18 heteroatoms. The third-order valence-corrected chi connectivity index (χ3v) is 6.90. The van der Waals surface area contributed by atoms with Crippen LogP contribution in [0.3, 0.4) is 0 Å². The average Bonchev–Trinajstić information content (AvgIpc) is 3.04. The van der Waals surface area contributed by atoms with Gasteiger partial charge in [0.2, 0.25) is 23.5 Å². The van der Waals surface area contributed by atoms with Crippen LogP contribution in [-0.2, 0) is 33.4 Å². The van der Waals surface area contributed by atoms with E-state index in [4.69, 9.17) is 53.5 Å². The quantitative estimate of drug-likeness (QED) is 0.0666. The predicted octanol–water partition coefficient (Wildman–Crippen LogP) is 0.0907. The third kappa shape index (κ3) is 10.6. The van der Waals surface area contributed by atoms with Crippen molar-refractivity contribution >= 4 is 70.9 Å². The molecule has 0 spiro atoms. The highest BCUT2D eigenvalue weighted by molar-refractivity contribution is 6.31. The molecule has 2 aromatic carbocycles. The molecule has 1 aliphatic rings. The summed E-state index contributed by atoms with van der Waals surface area (Å²) in [7, 11) is 0. The highest BCUT2D eigenvalue weighted by Gasteiger charge is 2.36. The van der Waals surface area contributed by atoms with Crippen molar-refractivity contribution in [2.24, 2.45) is 22.9 Å². The number of amides is 3. The van der Waals surface area contributed by atoms with Crippen LogP contribution in [0, 0.1) is 0 Å². The second-order valence-corrected chi connectivity index (χ2v) is 10.4. The highest BCUT2D eigenvalue weighted by atomic mass is 35.5. The van der Waals surface area contributed by atoms with E-state index < -0.39 is 53.3 Å². The Labute approximate surface area is 285 Å². The van der Waals surface area contributed by atoms with Gasteiger partial charge in [0.1, 0.15) is 55.9 Å². The Morgan fingerprint density at radius 3 is 1.77 bits per heavy atom. The summed E-state index contributed by atoms with van der Waals surface area (Å²) in [6.07, 6.45) is -0.213. The van der Waals surface area contributed by atoms with E-state index in [0.29, 0.717) is 0 Å². The molecule has 48 heavy (non-hydrogen) atoms. The highest BCUT2D eigenvalue weighted by Crippen LogP contribution is 2.39. The number of fused-ring (bicyclic) bond motifs is 2. The van der Waals surface area contributed by atoms with Gasteiger partial charge < -0.3 is 47.2 Å². The number of benzene rings is 2. The minimum atomic E-state index is -1.10. The van der Waals surface area contributed by atoms with Gasteiger partial charge in [0, 0.05) is 35.7 Å². The maximum Gasteiger partial charge on any atom is 0.323 e. The second kappa shape index (κ2) is 18.5. The zero-order valence-corrected chi connectivity index (χ0v) is 27.1. The van der Waals surface area contributed by atoms with Crippen molar-refractivity contribution in [3.63, 3.8) is 0 Å². The first-order valence-electron chi connectivity index (χ1n) is 14.3. The number of ketones is 2. The van der Waals surface area contributed by atoms with Gasteiger partial charge in [-0.2, -0.15) is 0 Å². The molecule has 0 fully saturated rings. The number of ether oxygens (including phenoxy) is 4. The molecule has 260 valence electrons. The molecule has 2 aromatic rings. The van der Waals surface area contributed by atoms with Gasteiger partial charge >= 0.3 is 11.9 Å². The minimum absolute atomic E-state index is 0. The number of nitrogens with two attached hydrogens (primary N) is 4. The van der Waals surface area contributed by atoms with Crippen molar-refractivity contribution in [2.45, 2.75) is 37.8 Å². The van der Waals surface area contributed by atoms with Crippen LogP contribution in [0.2, 0.25) is 0 Å². The molecule has 3 amide bonds. The molecule has 0 aromatic heterocycles. The van der Waals surface area contributed by atoms with Gasteiger partial charge in [-0.15, -0.1) is 24.0 Å². The average molecular weight is 713 g/mol. The third-order valence-electron chi connectivity index (χ3n) is 6.66. The molecule has 0 unspecified atom stereocenters. The van der Waals surface area contributed by atoms with Crippen LogP contribution >= 0.6 is 24.0 Å². The number of rotatable bonds is 18. The molecule has 3 rings (SSSR count). The van der Waals surface area contributed by atoms with Crippen LogP contribution in [0.15, 0.2) is 30.3 Å². The van der Waals surface area contributed by atoms with Gasteiger partial charge in [-0.1, -0.05) is 12.1 Å². The van der Waals surface area contributed by atoms with Crippen LogP contribution < -0.4 is 37.7 Å². The summed E-state index contributed by atoms with van der Waals surface area (Å²) in [4.78, 5) is 85.6. The fraction of sp³-hybridized carbons (Fsp3) is 0.367. The number of halogens is 2. The summed E-state index contributed by atoms with van der Waals surface area (Å²) < 4.78 is 21.6. The van der Waals surface area contributed by atoms with Crippen molar-refractivity contribution in [2.75, 3.05) is 37.6 Å². The lowest BCUT2D eigenvalue weighted by molar-refractivity contribution is -0.147. The first-order valence-corrected chi connectivity index (χ1v) is 14.8. The summed E-state index contributed by atoms with van der Waals surface area (Å²) >= 11 is 5.62. The smallest absolute Gasteiger partial charge is 0.323 e.